The highest BCUT2D eigenvalue weighted by Gasteiger charge is 2.10. The van der Waals surface area contributed by atoms with E-state index in [1.54, 1.807) is 13.1 Å². The van der Waals surface area contributed by atoms with Crippen molar-refractivity contribution in [2.45, 2.75) is 17.1 Å². The van der Waals surface area contributed by atoms with Crippen LogP contribution in [0.15, 0.2) is 52.8 Å². The first-order chi connectivity index (χ1) is 9.74. The molecule has 0 aliphatic carbocycles. The van der Waals surface area contributed by atoms with Gasteiger partial charge in [0.15, 0.2) is 5.82 Å². The molecular formula is C13H12N6S. The quantitative estimate of drug-likeness (QED) is 0.584. The summed E-state index contributed by atoms with van der Waals surface area (Å²) in [7, 11) is 0. The van der Waals surface area contributed by atoms with Gasteiger partial charge in [-0.25, -0.2) is 14.6 Å². The van der Waals surface area contributed by atoms with Gasteiger partial charge in [-0.1, -0.05) is 30.3 Å². The summed E-state index contributed by atoms with van der Waals surface area (Å²) in [5, 5.41) is 9.29. The summed E-state index contributed by atoms with van der Waals surface area (Å²) >= 11 is 1.36. The van der Waals surface area contributed by atoms with Gasteiger partial charge in [0.2, 0.25) is 5.16 Å². The molecule has 0 atom stereocenters. The standard InChI is InChI=1S/C13H12N6S/c1-9-17-18-13(19(9)14)20-11-7-8-15-12(16-11)10-5-3-2-4-6-10/h2-8H,14H2,1H3. The van der Waals surface area contributed by atoms with Gasteiger partial charge in [0.1, 0.15) is 10.9 Å². The summed E-state index contributed by atoms with van der Waals surface area (Å²) in [6, 6.07) is 11.6. The van der Waals surface area contributed by atoms with Crippen LogP contribution in [0.25, 0.3) is 11.4 Å². The minimum atomic E-state index is 0.597. The SMILES string of the molecule is Cc1nnc(Sc2ccnc(-c3ccccc3)n2)n1N. The topological polar surface area (TPSA) is 82.5 Å². The summed E-state index contributed by atoms with van der Waals surface area (Å²) in [5.41, 5.74) is 0.973. The van der Waals surface area contributed by atoms with Gasteiger partial charge in [-0.15, -0.1) is 10.2 Å². The fraction of sp³-hybridized carbons (Fsp3) is 0.0769. The number of hydrogen-bond donors (Lipinski definition) is 1. The van der Waals surface area contributed by atoms with Crippen molar-refractivity contribution in [3.63, 3.8) is 0 Å². The van der Waals surface area contributed by atoms with Crippen LogP contribution >= 0.6 is 11.8 Å². The Kier molecular flexibility index (Phi) is 3.34. The first kappa shape index (κ1) is 12.6. The summed E-state index contributed by atoms with van der Waals surface area (Å²) in [6.45, 7) is 1.80. The van der Waals surface area contributed by atoms with E-state index in [-0.39, 0.29) is 0 Å². The maximum absolute atomic E-state index is 5.83. The molecule has 0 unspecified atom stereocenters. The fourth-order valence-electron chi connectivity index (χ4n) is 1.64. The minimum Gasteiger partial charge on any atom is -0.336 e. The van der Waals surface area contributed by atoms with Crippen LogP contribution in [0.4, 0.5) is 0 Å². The zero-order valence-electron chi connectivity index (χ0n) is 10.8. The molecule has 0 saturated carbocycles. The number of nitrogens with zero attached hydrogens (tertiary/aromatic N) is 5. The molecule has 20 heavy (non-hydrogen) atoms. The molecule has 0 fully saturated rings. The van der Waals surface area contributed by atoms with Crippen molar-refractivity contribution in [3.05, 3.63) is 48.4 Å². The lowest BCUT2D eigenvalue weighted by Gasteiger charge is -2.03. The Hall–Kier alpha value is -2.41. The molecule has 0 saturated heterocycles. The Balaban J connectivity index is 1.90. The zero-order valence-corrected chi connectivity index (χ0v) is 11.6. The molecule has 7 heteroatoms. The monoisotopic (exact) mass is 284 g/mol. The van der Waals surface area contributed by atoms with E-state index < -0.39 is 0 Å². The lowest BCUT2D eigenvalue weighted by atomic mass is 10.2. The molecule has 0 bridgehead atoms. The molecule has 0 amide bonds. The molecule has 0 aliphatic heterocycles. The van der Waals surface area contributed by atoms with Crippen LogP contribution in [0.1, 0.15) is 5.82 Å². The van der Waals surface area contributed by atoms with Gasteiger partial charge in [0, 0.05) is 11.8 Å². The summed E-state index contributed by atoms with van der Waals surface area (Å²) in [5.74, 6) is 7.16. The van der Waals surface area contributed by atoms with E-state index in [2.05, 4.69) is 20.2 Å². The molecule has 100 valence electrons. The van der Waals surface area contributed by atoms with Crippen molar-refractivity contribution >= 4 is 11.8 Å². The van der Waals surface area contributed by atoms with Crippen molar-refractivity contribution in [1.82, 2.24) is 24.8 Å². The minimum absolute atomic E-state index is 0.597. The molecule has 0 aliphatic rings. The molecule has 2 N–H and O–H groups in total. The van der Waals surface area contributed by atoms with E-state index in [0.29, 0.717) is 16.8 Å². The van der Waals surface area contributed by atoms with Crippen LogP contribution in [0, 0.1) is 6.92 Å². The first-order valence-electron chi connectivity index (χ1n) is 5.97. The molecule has 0 spiro atoms. The molecule has 3 aromatic rings. The highest BCUT2D eigenvalue weighted by Crippen LogP contribution is 2.25. The van der Waals surface area contributed by atoms with E-state index in [0.717, 1.165) is 10.6 Å². The summed E-state index contributed by atoms with van der Waals surface area (Å²) < 4.78 is 1.44. The fourth-order valence-corrected chi connectivity index (χ4v) is 2.40. The number of benzene rings is 1. The Labute approximate surface area is 120 Å². The van der Waals surface area contributed by atoms with Gasteiger partial charge >= 0.3 is 0 Å². The van der Waals surface area contributed by atoms with Crippen LogP contribution in [-0.4, -0.2) is 24.8 Å². The Morgan fingerprint density at radius 3 is 2.60 bits per heavy atom. The number of nitrogens with two attached hydrogens (primary N) is 1. The van der Waals surface area contributed by atoms with Gasteiger partial charge in [-0.05, 0) is 24.8 Å². The number of rotatable bonds is 3. The average molecular weight is 284 g/mol. The Bertz CT molecular complexity index is 725. The van der Waals surface area contributed by atoms with Crippen molar-refractivity contribution < 1.29 is 0 Å². The van der Waals surface area contributed by atoms with Gasteiger partial charge in [-0.2, -0.15) is 0 Å². The van der Waals surface area contributed by atoms with E-state index >= 15 is 0 Å². The van der Waals surface area contributed by atoms with E-state index in [1.807, 2.05) is 36.4 Å². The number of hydrogen-bond acceptors (Lipinski definition) is 6. The lowest BCUT2D eigenvalue weighted by molar-refractivity contribution is 0.823. The predicted octanol–water partition coefficient (Wildman–Crippen LogP) is 1.91. The van der Waals surface area contributed by atoms with Crippen LogP contribution in [0.3, 0.4) is 0 Å². The predicted molar refractivity (Wildman–Crippen MR) is 76.5 cm³/mol. The average Bonchev–Trinajstić information content (AvgIpc) is 2.81. The van der Waals surface area contributed by atoms with Crippen LogP contribution < -0.4 is 5.84 Å². The Morgan fingerprint density at radius 2 is 1.90 bits per heavy atom. The van der Waals surface area contributed by atoms with Gasteiger partial charge in [-0.3, -0.25) is 0 Å². The van der Waals surface area contributed by atoms with E-state index in [9.17, 15) is 0 Å². The van der Waals surface area contributed by atoms with Gasteiger partial charge < -0.3 is 5.84 Å². The molecule has 3 rings (SSSR count). The number of aromatic nitrogens is 5. The molecule has 6 nitrogen and oxygen atoms in total. The third-order valence-electron chi connectivity index (χ3n) is 2.69. The third-order valence-corrected chi connectivity index (χ3v) is 3.59. The zero-order chi connectivity index (χ0) is 13.9. The maximum Gasteiger partial charge on any atom is 0.216 e. The van der Waals surface area contributed by atoms with Crippen molar-refractivity contribution in [2.24, 2.45) is 0 Å². The van der Waals surface area contributed by atoms with Crippen LogP contribution in [-0.2, 0) is 0 Å². The largest absolute Gasteiger partial charge is 0.336 e. The molecular weight excluding hydrogens is 272 g/mol. The normalized spacial score (nSPS) is 10.7. The van der Waals surface area contributed by atoms with Crippen molar-refractivity contribution in [3.8, 4) is 11.4 Å². The first-order valence-corrected chi connectivity index (χ1v) is 6.79. The van der Waals surface area contributed by atoms with Crippen molar-refractivity contribution in [2.75, 3.05) is 5.84 Å². The third kappa shape index (κ3) is 2.48. The highest BCUT2D eigenvalue weighted by molar-refractivity contribution is 7.99. The highest BCUT2D eigenvalue weighted by atomic mass is 32.2. The molecule has 1 aromatic carbocycles. The lowest BCUT2D eigenvalue weighted by Crippen LogP contribution is -2.11. The van der Waals surface area contributed by atoms with Crippen LogP contribution in [0.2, 0.25) is 0 Å². The second-order valence-corrected chi connectivity index (χ2v) is 5.07. The molecule has 2 aromatic heterocycles. The maximum atomic E-state index is 5.83. The second-order valence-electron chi connectivity index (χ2n) is 4.09. The second kappa shape index (κ2) is 5.30. The number of nitrogen functional groups attached to an aromatic ring is 1. The smallest absolute Gasteiger partial charge is 0.216 e. The summed E-state index contributed by atoms with van der Waals surface area (Å²) in [6.07, 6.45) is 1.72. The molecule has 2 heterocycles. The van der Waals surface area contributed by atoms with E-state index in [1.165, 1.54) is 16.4 Å². The van der Waals surface area contributed by atoms with E-state index in [4.69, 9.17) is 5.84 Å². The van der Waals surface area contributed by atoms with Crippen LogP contribution in [0.5, 0.6) is 0 Å². The van der Waals surface area contributed by atoms with Gasteiger partial charge in [0.05, 0.1) is 0 Å². The van der Waals surface area contributed by atoms with Gasteiger partial charge in [0.25, 0.3) is 0 Å². The number of aryl methyl sites for hydroxylation is 1. The molecule has 0 radical (unpaired) electrons. The summed E-state index contributed by atoms with van der Waals surface area (Å²) in [4.78, 5) is 8.78. The van der Waals surface area contributed by atoms with Crippen molar-refractivity contribution in [1.29, 1.82) is 0 Å². The Morgan fingerprint density at radius 1 is 1.10 bits per heavy atom.